The van der Waals surface area contributed by atoms with Gasteiger partial charge in [-0.15, -0.1) is 24.8 Å². The fourth-order valence-corrected chi connectivity index (χ4v) is 3.52. The van der Waals surface area contributed by atoms with Crippen LogP contribution in [0, 0.1) is 0 Å². The number of amides is 2. The second kappa shape index (κ2) is 12.2. The molecule has 9 heteroatoms. The summed E-state index contributed by atoms with van der Waals surface area (Å²) < 4.78 is 0. The van der Waals surface area contributed by atoms with Crippen LogP contribution >= 0.6 is 24.8 Å². The average Bonchev–Trinajstić information content (AvgIpc) is 2.88. The number of carbonyl (C=O) groups is 2. The normalized spacial score (nSPS) is 22.3. The molecule has 0 aromatic heterocycles. The predicted molar refractivity (Wildman–Crippen MR) is 116 cm³/mol. The summed E-state index contributed by atoms with van der Waals surface area (Å²) in [4.78, 5) is 26.7. The minimum absolute atomic E-state index is 0. The molecule has 4 N–H and O–H groups in total. The van der Waals surface area contributed by atoms with Gasteiger partial charge in [-0.1, -0.05) is 18.9 Å². The fraction of sp³-hybridized carbons (Fsp3) is 0.579. The van der Waals surface area contributed by atoms with E-state index in [-0.39, 0.29) is 42.7 Å². The summed E-state index contributed by atoms with van der Waals surface area (Å²) in [5.74, 6) is -0.203. The molecule has 2 unspecified atom stereocenters. The molecular weight excluding hydrogens is 403 g/mol. The van der Waals surface area contributed by atoms with Crippen LogP contribution in [0.4, 0.5) is 11.4 Å². The van der Waals surface area contributed by atoms with Gasteiger partial charge in [0, 0.05) is 17.9 Å². The number of nitrogens with zero attached hydrogens (tertiary/aromatic N) is 1. The largest absolute Gasteiger partial charge is 0.392 e. The first-order chi connectivity index (χ1) is 12.6. The SMILES string of the molecule is Cl.Cl.O=C(CN1CCCCCC1)Nc1cccc(NC(=O)C2CC(O)CN2)c1. The zero-order valence-corrected chi connectivity index (χ0v) is 17.5. The van der Waals surface area contributed by atoms with Gasteiger partial charge in [0.1, 0.15) is 0 Å². The maximum absolute atomic E-state index is 12.3. The van der Waals surface area contributed by atoms with Crippen LogP contribution in [0.5, 0.6) is 0 Å². The van der Waals surface area contributed by atoms with E-state index in [4.69, 9.17) is 0 Å². The number of hydrogen-bond donors (Lipinski definition) is 4. The maximum Gasteiger partial charge on any atom is 0.241 e. The Morgan fingerprint density at radius 1 is 1.07 bits per heavy atom. The summed E-state index contributed by atoms with van der Waals surface area (Å²) in [5.41, 5.74) is 1.30. The van der Waals surface area contributed by atoms with Gasteiger partial charge in [0.2, 0.25) is 11.8 Å². The highest BCUT2D eigenvalue weighted by atomic mass is 35.5. The van der Waals surface area contributed by atoms with Crippen molar-refractivity contribution in [1.29, 1.82) is 0 Å². The highest BCUT2D eigenvalue weighted by Crippen LogP contribution is 2.17. The monoisotopic (exact) mass is 432 g/mol. The lowest BCUT2D eigenvalue weighted by molar-refractivity contribution is -0.118. The molecule has 2 atom stereocenters. The molecule has 2 aliphatic rings. The van der Waals surface area contributed by atoms with Crippen LogP contribution in [0.15, 0.2) is 24.3 Å². The number of aliphatic hydroxyl groups excluding tert-OH is 1. The zero-order chi connectivity index (χ0) is 18.4. The third-order valence-corrected chi connectivity index (χ3v) is 4.90. The molecular formula is C19H30Cl2N4O3. The van der Waals surface area contributed by atoms with Crippen molar-refractivity contribution >= 4 is 48.0 Å². The summed E-state index contributed by atoms with van der Waals surface area (Å²) in [6.45, 7) is 2.79. The van der Waals surface area contributed by atoms with Crippen LogP contribution in [0.3, 0.4) is 0 Å². The van der Waals surface area contributed by atoms with E-state index >= 15 is 0 Å². The van der Waals surface area contributed by atoms with Gasteiger partial charge in [-0.25, -0.2) is 0 Å². The summed E-state index contributed by atoms with van der Waals surface area (Å²) in [7, 11) is 0. The Hall–Kier alpha value is -1.38. The highest BCUT2D eigenvalue weighted by molar-refractivity contribution is 5.97. The van der Waals surface area contributed by atoms with Crippen LogP contribution in [0.1, 0.15) is 32.1 Å². The lowest BCUT2D eigenvalue weighted by Gasteiger charge is -2.19. The van der Waals surface area contributed by atoms with E-state index in [2.05, 4.69) is 20.9 Å². The number of benzene rings is 1. The lowest BCUT2D eigenvalue weighted by Crippen LogP contribution is -2.35. The number of halogens is 2. The van der Waals surface area contributed by atoms with Gasteiger partial charge in [0.25, 0.3) is 0 Å². The highest BCUT2D eigenvalue weighted by Gasteiger charge is 2.28. The minimum Gasteiger partial charge on any atom is -0.392 e. The number of aliphatic hydroxyl groups is 1. The number of hydrogen-bond acceptors (Lipinski definition) is 5. The Morgan fingerprint density at radius 2 is 1.71 bits per heavy atom. The quantitative estimate of drug-likeness (QED) is 0.570. The number of carbonyl (C=O) groups excluding carboxylic acids is 2. The summed E-state index contributed by atoms with van der Waals surface area (Å²) in [6, 6.07) is 6.77. The molecule has 7 nitrogen and oxygen atoms in total. The van der Waals surface area contributed by atoms with E-state index in [1.807, 2.05) is 6.07 Å². The van der Waals surface area contributed by atoms with E-state index in [9.17, 15) is 14.7 Å². The molecule has 2 heterocycles. The molecule has 0 saturated carbocycles. The van der Waals surface area contributed by atoms with E-state index in [0.29, 0.717) is 30.9 Å². The summed E-state index contributed by atoms with van der Waals surface area (Å²) in [6.07, 6.45) is 4.73. The molecule has 0 bridgehead atoms. The number of rotatable bonds is 5. The van der Waals surface area contributed by atoms with Gasteiger partial charge in [0.15, 0.2) is 0 Å². The first-order valence-electron chi connectivity index (χ1n) is 9.45. The molecule has 2 saturated heterocycles. The van der Waals surface area contributed by atoms with E-state index in [0.717, 1.165) is 25.9 Å². The van der Waals surface area contributed by atoms with Crippen molar-refractivity contribution in [1.82, 2.24) is 10.2 Å². The van der Waals surface area contributed by atoms with Crippen LogP contribution in [0.25, 0.3) is 0 Å². The Morgan fingerprint density at radius 3 is 2.32 bits per heavy atom. The Labute approximate surface area is 178 Å². The molecule has 2 amide bonds. The minimum atomic E-state index is -0.477. The Balaban J connectivity index is 0.00000196. The molecule has 158 valence electrons. The van der Waals surface area contributed by atoms with Crippen LogP contribution in [-0.4, -0.2) is 60.1 Å². The molecule has 1 aromatic rings. The molecule has 28 heavy (non-hydrogen) atoms. The zero-order valence-electron chi connectivity index (χ0n) is 15.9. The molecule has 2 fully saturated rings. The first-order valence-corrected chi connectivity index (χ1v) is 9.45. The van der Waals surface area contributed by atoms with Crippen molar-refractivity contribution in [2.45, 2.75) is 44.2 Å². The smallest absolute Gasteiger partial charge is 0.241 e. The maximum atomic E-state index is 12.3. The van der Waals surface area contributed by atoms with Crippen LogP contribution in [-0.2, 0) is 9.59 Å². The van der Waals surface area contributed by atoms with Crippen molar-refractivity contribution in [3.8, 4) is 0 Å². The van der Waals surface area contributed by atoms with Gasteiger partial charge < -0.3 is 21.1 Å². The van der Waals surface area contributed by atoms with E-state index in [1.165, 1.54) is 12.8 Å². The average molecular weight is 433 g/mol. The second-order valence-corrected chi connectivity index (χ2v) is 7.16. The van der Waals surface area contributed by atoms with Crippen molar-refractivity contribution in [3.05, 3.63) is 24.3 Å². The van der Waals surface area contributed by atoms with Crippen molar-refractivity contribution in [3.63, 3.8) is 0 Å². The summed E-state index contributed by atoms with van der Waals surface area (Å²) in [5, 5.41) is 18.2. The first kappa shape index (κ1) is 24.7. The Kier molecular flexibility index (Phi) is 10.8. The third-order valence-electron chi connectivity index (χ3n) is 4.90. The topological polar surface area (TPSA) is 93.7 Å². The Bertz CT molecular complexity index is 639. The van der Waals surface area contributed by atoms with Crippen molar-refractivity contribution < 1.29 is 14.7 Å². The van der Waals surface area contributed by atoms with Gasteiger partial charge in [-0.2, -0.15) is 0 Å². The van der Waals surface area contributed by atoms with Gasteiger partial charge in [-0.05, 0) is 50.6 Å². The number of nitrogens with one attached hydrogen (secondary N) is 3. The van der Waals surface area contributed by atoms with Gasteiger partial charge in [-0.3, -0.25) is 14.5 Å². The number of anilines is 2. The molecule has 0 radical (unpaired) electrons. The van der Waals surface area contributed by atoms with Crippen LogP contribution < -0.4 is 16.0 Å². The van der Waals surface area contributed by atoms with E-state index in [1.54, 1.807) is 18.2 Å². The number of β-amino-alcohol motifs (C(OH)–C–C–N with tert-alkyl or cyclic N) is 1. The molecule has 1 aromatic carbocycles. The number of likely N-dealkylation sites (tertiary alicyclic amines) is 1. The van der Waals surface area contributed by atoms with Gasteiger partial charge >= 0.3 is 0 Å². The van der Waals surface area contributed by atoms with Crippen molar-refractivity contribution in [2.75, 3.05) is 36.8 Å². The van der Waals surface area contributed by atoms with E-state index < -0.39 is 6.10 Å². The molecule has 3 rings (SSSR count). The molecule has 0 aliphatic carbocycles. The summed E-state index contributed by atoms with van der Waals surface area (Å²) >= 11 is 0. The second-order valence-electron chi connectivity index (χ2n) is 7.16. The standard InChI is InChI=1S/C19H28N4O3.2ClH/c24-16-11-17(20-12-16)19(26)22-15-7-5-6-14(10-15)21-18(25)13-23-8-3-1-2-4-9-23;;/h5-7,10,16-17,20,24H,1-4,8-9,11-13H2,(H,21,25)(H,22,26);2*1H. The van der Waals surface area contributed by atoms with Gasteiger partial charge in [0.05, 0.1) is 18.7 Å². The molecule has 2 aliphatic heterocycles. The van der Waals surface area contributed by atoms with Crippen molar-refractivity contribution in [2.24, 2.45) is 0 Å². The van der Waals surface area contributed by atoms with Crippen LogP contribution in [0.2, 0.25) is 0 Å². The lowest BCUT2D eigenvalue weighted by atomic mass is 10.2. The fourth-order valence-electron chi connectivity index (χ4n) is 3.52. The predicted octanol–water partition coefficient (Wildman–Crippen LogP) is 2.01. The molecule has 0 spiro atoms. The third kappa shape index (κ3) is 7.56.